The van der Waals surface area contributed by atoms with Gasteiger partial charge >= 0.3 is 0 Å². The summed E-state index contributed by atoms with van der Waals surface area (Å²) in [5.41, 5.74) is 1.89. The lowest BCUT2D eigenvalue weighted by molar-refractivity contribution is 0.752. The van der Waals surface area contributed by atoms with E-state index < -0.39 is 0 Å². The van der Waals surface area contributed by atoms with Gasteiger partial charge in [-0.1, -0.05) is 60.7 Å². The highest BCUT2D eigenvalue weighted by Gasteiger charge is 1.97. The first-order chi connectivity index (χ1) is 8.36. The fraction of sp³-hybridized carbons (Fsp3) is 0.125. The van der Waals surface area contributed by atoms with Crippen molar-refractivity contribution in [2.75, 3.05) is 0 Å². The van der Waals surface area contributed by atoms with Gasteiger partial charge in [-0.3, -0.25) is 0 Å². The molecule has 0 nitrogen and oxygen atoms in total. The highest BCUT2D eigenvalue weighted by atomic mass is 19.1. The maximum atomic E-state index is 13.7. The van der Waals surface area contributed by atoms with Crippen molar-refractivity contribution in [2.45, 2.75) is 12.8 Å². The molecular formula is C16H15F. The van der Waals surface area contributed by atoms with Gasteiger partial charge in [0.25, 0.3) is 0 Å². The summed E-state index contributed by atoms with van der Waals surface area (Å²) in [6.45, 7) is 0. The topological polar surface area (TPSA) is 0 Å². The lowest BCUT2D eigenvalue weighted by Crippen LogP contribution is -1.83. The summed E-state index contributed by atoms with van der Waals surface area (Å²) in [7, 11) is 0. The van der Waals surface area contributed by atoms with Crippen LogP contribution >= 0.6 is 0 Å². The zero-order valence-corrected chi connectivity index (χ0v) is 9.64. The maximum Gasteiger partial charge on any atom is 0.126 e. The van der Waals surface area contributed by atoms with Gasteiger partial charge in [0.15, 0.2) is 0 Å². The molecule has 0 amide bonds. The Hall–Kier alpha value is -1.89. The molecule has 17 heavy (non-hydrogen) atoms. The molecular weight excluding hydrogens is 211 g/mol. The van der Waals surface area contributed by atoms with Crippen LogP contribution < -0.4 is 0 Å². The first-order valence-corrected chi connectivity index (χ1v) is 5.81. The standard InChI is InChI=1S/C16H15F/c17-16(15-11-5-2-6-12-15)13-7-10-14-8-3-1-4-9-14/h1-6,8-9,11-13H,7,10H2/b16-13+. The Morgan fingerprint density at radius 1 is 0.882 bits per heavy atom. The minimum absolute atomic E-state index is 0.137. The largest absolute Gasteiger partial charge is 0.207 e. The lowest BCUT2D eigenvalue weighted by Gasteiger charge is -1.99. The summed E-state index contributed by atoms with van der Waals surface area (Å²) >= 11 is 0. The van der Waals surface area contributed by atoms with Gasteiger partial charge in [0, 0.05) is 5.56 Å². The highest BCUT2D eigenvalue weighted by molar-refractivity contribution is 5.58. The fourth-order valence-electron chi connectivity index (χ4n) is 1.73. The van der Waals surface area contributed by atoms with E-state index in [4.69, 9.17) is 0 Å². The van der Waals surface area contributed by atoms with Crippen LogP contribution in [0.25, 0.3) is 5.83 Å². The van der Waals surface area contributed by atoms with Crippen LogP contribution in [0.5, 0.6) is 0 Å². The number of hydrogen-bond donors (Lipinski definition) is 0. The zero-order valence-electron chi connectivity index (χ0n) is 9.64. The molecule has 1 heteroatoms. The van der Waals surface area contributed by atoms with Crippen LogP contribution in [0.15, 0.2) is 66.7 Å². The van der Waals surface area contributed by atoms with Crippen molar-refractivity contribution >= 4 is 5.83 Å². The zero-order chi connectivity index (χ0) is 11.9. The Morgan fingerprint density at radius 2 is 1.47 bits per heavy atom. The summed E-state index contributed by atoms with van der Waals surface area (Å²) < 4.78 is 13.7. The molecule has 0 unspecified atom stereocenters. The van der Waals surface area contributed by atoms with Gasteiger partial charge in [-0.25, -0.2) is 4.39 Å². The SMILES string of the molecule is F/C(=C/CCc1ccccc1)c1ccccc1. The number of hydrogen-bond acceptors (Lipinski definition) is 0. The van der Waals surface area contributed by atoms with Crippen LogP contribution in [0.4, 0.5) is 4.39 Å². The van der Waals surface area contributed by atoms with E-state index in [1.165, 1.54) is 5.56 Å². The van der Waals surface area contributed by atoms with Gasteiger partial charge < -0.3 is 0 Å². The Bertz CT molecular complexity index is 471. The predicted molar refractivity (Wildman–Crippen MR) is 70.3 cm³/mol. The molecule has 2 aromatic rings. The fourth-order valence-corrected chi connectivity index (χ4v) is 1.73. The van der Waals surface area contributed by atoms with E-state index in [0.29, 0.717) is 5.56 Å². The second-order valence-electron chi connectivity index (χ2n) is 3.94. The quantitative estimate of drug-likeness (QED) is 0.713. The van der Waals surface area contributed by atoms with Gasteiger partial charge in [-0.05, 0) is 24.5 Å². The van der Waals surface area contributed by atoms with Crippen LogP contribution in [0.1, 0.15) is 17.5 Å². The van der Waals surface area contributed by atoms with Crippen molar-refractivity contribution in [1.29, 1.82) is 0 Å². The molecule has 0 aliphatic rings. The molecule has 0 aliphatic heterocycles. The van der Waals surface area contributed by atoms with Gasteiger partial charge in [-0.2, -0.15) is 0 Å². The molecule has 0 N–H and O–H groups in total. The molecule has 0 fully saturated rings. The summed E-state index contributed by atoms with van der Waals surface area (Å²) in [5, 5.41) is 0. The molecule has 0 radical (unpaired) electrons. The van der Waals surface area contributed by atoms with Gasteiger partial charge in [-0.15, -0.1) is 0 Å². The van der Waals surface area contributed by atoms with Crippen LogP contribution in [0.2, 0.25) is 0 Å². The lowest BCUT2D eigenvalue weighted by atomic mass is 10.1. The second kappa shape index (κ2) is 6.00. The normalized spacial score (nSPS) is 11.5. The van der Waals surface area contributed by atoms with E-state index in [1.807, 2.05) is 36.4 Å². The number of aryl methyl sites for hydroxylation is 1. The van der Waals surface area contributed by atoms with Gasteiger partial charge in [0.1, 0.15) is 5.83 Å². The Morgan fingerprint density at radius 3 is 2.12 bits per heavy atom. The first kappa shape index (κ1) is 11.6. The smallest absolute Gasteiger partial charge is 0.126 e. The highest BCUT2D eigenvalue weighted by Crippen LogP contribution is 2.16. The van der Waals surface area contributed by atoms with E-state index in [9.17, 15) is 4.39 Å². The Kier molecular flexibility index (Phi) is 4.09. The van der Waals surface area contributed by atoms with Crippen molar-refractivity contribution in [1.82, 2.24) is 0 Å². The van der Waals surface area contributed by atoms with Crippen molar-refractivity contribution < 1.29 is 4.39 Å². The van der Waals surface area contributed by atoms with Crippen LogP contribution in [0, 0.1) is 0 Å². The average Bonchev–Trinajstić information content (AvgIpc) is 2.41. The Balaban J connectivity index is 1.93. The summed E-state index contributed by atoms with van der Waals surface area (Å²) in [4.78, 5) is 0. The van der Waals surface area contributed by atoms with Crippen LogP contribution in [-0.4, -0.2) is 0 Å². The third-order valence-corrected chi connectivity index (χ3v) is 2.65. The summed E-state index contributed by atoms with van der Waals surface area (Å²) in [6.07, 6.45) is 3.26. The molecule has 2 aromatic carbocycles. The third-order valence-electron chi connectivity index (χ3n) is 2.65. The molecule has 0 heterocycles. The second-order valence-corrected chi connectivity index (χ2v) is 3.94. The molecule has 0 atom stereocenters. The van der Waals surface area contributed by atoms with Crippen molar-refractivity contribution in [3.8, 4) is 0 Å². The van der Waals surface area contributed by atoms with Crippen molar-refractivity contribution in [2.24, 2.45) is 0 Å². The third kappa shape index (κ3) is 3.56. The maximum absolute atomic E-state index is 13.7. The van der Waals surface area contributed by atoms with Crippen LogP contribution in [0.3, 0.4) is 0 Å². The number of halogens is 1. The van der Waals surface area contributed by atoms with Crippen molar-refractivity contribution in [3.63, 3.8) is 0 Å². The molecule has 0 spiro atoms. The number of benzene rings is 2. The predicted octanol–water partition coefficient (Wildman–Crippen LogP) is 4.63. The molecule has 0 aromatic heterocycles. The Labute approximate surface area is 101 Å². The molecule has 2 rings (SSSR count). The number of allylic oxidation sites excluding steroid dienone is 1. The van der Waals surface area contributed by atoms with E-state index in [-0.39, 0.29) is 5.83 Å². The van der Waals surface area contributed by atoms with E-state index >= 15 is 0 Å². The molecule has 0 saturated carbocycles. The minimum atomic E-state index is -0.137. The molecule has 86 valence electrons. The summed E-state index contributed by atoms with van der Waals surface area (Å²) in [6, 6.07) is 19.3. The minimum Gasteiger partial charge on any atom is -0.207 e. The monoisotopic (exact) mass is 226 g/mol. The van der Waals surface area contributed by atoms with E-state index in [0.717, 1.165) is 12.8 Å². The van der Waals surface area contributed by atoms with Crippen molar-refractivity contribution in [3.05, 3.63) is 77.9 Å². The summed E-state index contributed by atoms with van der Waals surface area (Å²) in [5.74, 6) is -0.137. The average molecular weight is 226 g/mol. The molecule has 0 saturated heterocycles. The first-order valence-electron chi connectivity index (χ1n) is 5.81. The van der Waals surface area contributed by atoms with E-state index in [2.05, 4.69) is 12.1 Å². The molecule has 0 bridgehead atoms. The van der Waals surface area contributed by atoms with Crippen LogP contribution in [-0.2, 0) is 6.42 Å². The van der Waals surface area contributed by atoms with Gasteiger partial charge in [0.05, 0.1) is 0 Å². The number of rotatable bonds is 4. The molecule has 0 aliphatic carbocycles. The van der Waals surface area contributed by atoms with Gasteiger partial charge in [0.2, 0.25) is 0 Å². The van der Waals surface area contributed by atoms with E-state index in [1.54, 1.807) is 18.2 Å².